The van der Waals surface area contributed by atoms with E-state index >= 15 is 0 Å². The average molecular weight is 439 g/mol. The largest absolute Gasteiger partial charge is 0.285 e. The first-order chi connectivity index (χ1) is 14.8. The summed E-state index contributed by atoms with van der Waals surface area (Å²) in [5, 5.41) is 3.72. The van der Waals surface area contributed by atoms with Crippen molar-refractivity contribution >= 4 is 64.1 Å². The summed E-state index contributed by atoms with van der Waals surface area (Å²) in [7, 11) is 3.52. The lowest BCUT2D eigenvalue weighted by Gasteiger charge is -2.17. The summed E-state index contributed by atoms with van der Waals surface area (Å²) in [4.78, 5) is 6.16. The van der Waals surface area contributed by atoms with Gasteiger partial charge in [-0.15, -0.1) is 11.3 Å². The van der Waals surface area contributed by atoms with E-state index in [1.54, 1.807) is 21.6 Å². The molecule has 142 valence electrons. The number of aromatic nitrogens is 2. The minimum Gasteiger partial charge on any atom is -0.285 e. The van der Waals surface area contributed by atoms with E-state index in [9.17, 15) is 0 Å². The Hall–Kier alpha value is -2.73. The van der Waals surface area contributed by atoms with Crippen molar-refractivity contribution in [1.29, 1.82) is 0 Å². The SMILES string of the molecule is c1ccc2c(c1)SSc1nc3ccc(-c4ccc5sc6ccccc6c5c4)cc3n1-2. The van der Waals surface area contributed by atoms with Gasteiger partial charge in [-0.25, -0.2) is 4.98 Å². The van der Waals surface area contributed by atoms with Gasteiger partial charge in [-0.2, -0.15) is 0 Å². The molecule has 30 heavy (non-hydrogen) atoms. The van der Waals surface area contributed by atoms with Crippen molar-refractivity contribution in [3.8, 4) is 16.8 Å². The van der Waals surface area contributed by atoms with Crippen LogP contribution in [0.25, 0.3) is 48.0 Å². The summed E-state index contributed by atoms with van der Waals surface area (Å²) in [6.45, 7) is 0. The number of rotatable bonds is 1. The number of benzene rings is 4. The zero-order valence-electron chi connectivity index (χ0n) is 15.7. The monoisotopic (exact) mass is 438 g/mol. The van der Waals surface area contributed by atoms with Crippen molar-refractivity contribution in [2.45, 2.75) is 10.1 Å². The molecule has 0 aliphatic carbocycles. The highest BCUT2D eigenvalue weighted by Gasteiger charge is 2.21. The fraction of sp³-hybridized carbons (Fsp3) is 0. The molecule has 0 unspecified atom stereocenters. The minimum absolute atomic E-state index is 1.04. The van der Waals surface area contributed by atoms with Crippen molar-refractivity contribution in [3.05, 3.63) is 84.9 Å². The van der Waals surface area contributed by atoms with Crippen LogP contribution in [0.3, 0.4) is 0 Å². The van der Waals surface area contributed by atoms with E-state index in [4.69, 9.17) is 4.98 Å². The summed E-state index contributed by atoms with van der Waals surface area (Å²) < 4.78 is 4.98. The number of hydrogen-bond donors (Lipinski definition) is 0. The molecular formula is C25H14N2S3. The molecule has 0 saturated carbocycles. The van der Waals surface area contributed by atoms with Gasteiger partial charge < -0.3 is 0 Å². The fourth-order valence-corrected chi connectivity index (χ4v) is 7.51. The number of hydrogen-bond acceptors (Lipinski definition) is 4. The Balaban J connectivity index is 1.46. The number of fused-ring (bicyclic) bond motifs is 8. The smallest absolute Gasteiger partial charge is 0.184 e. The second-order valence-corrected chi connectivity index (χ2v) is 10.6. The van der Waals surface area contributed by atoms with Gasteiger partial charge in [0.05, 0.1) is 16.7 Å². The molecule has 0 saturated heterocycles. The molecule has 0 bridgehead atoms. The predicted octanol–water partition coefficient (Wildman–Crippen LogP) is 8.17. The zero-order valence-corrected chi connectivity index (χ0v) is 18.2. The van der Waals surface area contributed by atoms with Gasteiger partial charge in [-0.05, 0) is 75.2 Å². The molecule has 7 rings (SSSR count). The lowest BCUT2D eigenvalue weighted by molar-refractivity contribution is 0.902. The Kier molecular flexibility index (Phi) is 3.62. The highest BCUT2D eigenvalue weighted by Crippen LogP contribution is 2.47. The first kappa shape index (κ1) is 17.0. The molecule has 1 aliphatic rings. The topological polar surface area (TPSA) is 17.8 Å². The lowest BCUT2D eigenvalue weighted by atomic mass is 10.0. The number of nitrogens with zero attached hydrogens (tertiary/aromatic N) is 2. The van der Waals surface area contributed by atoms with Crippen molar-refractivity contribution < 1.29 is 0 Å². The second kappa shape index (κ2) is 6.38. The Bertz CT molecular complexity index is 1610. The molecule has 3 heterocycles. The Morgan fingerprint density at radius 1 is 0.667 bits per heavy atom. The van der Waals surface area contributed by atoms with Gasteiger partial charge in [0.15, 0.2) is 5.16 Å². The van der Waals surface area contributed by atoms with E-state index in [-0.39, 0.29) is 0 Å². The maximum absolute atomic E-state index is 4.88. The van der Waals surface area contributed by atoms with Crippen LogP contribution in [-0.2, 0) is 0 Å². The Morgan fingerprint density at radius 2 is 1.47 bits per heavy atom. The highest BCUT2D eigenvalue weighted by atomic mass is 33.1. The molecule has 2 aromatic heterocycles. The van der Waals surface area contributed by atoms with Gasteiger partial charge in [0.25, 0.3) is 0 Å². The lowest BCUT2D eigenvalue weighted by Crippen LogP contribution is -2.00. The molecule has 1 aliphatic heterocycles. The van der Waals surface area contributed by atoms with Crippen LogP contribution in [0.4, 0.5) is 0 Å². The van der Waals surface area contributed by atoms with Crippen molar-refractivity contribution in [3.63, 3.8) is 0 Å². The second-order valence-electron chi connectivity index (χ2n) is 7.38. The van der Waals surface area contributed by atoms with E-state index in [0.717, 1.165) is 16.2 Å². The molecule has 0 fully saturated rings. The normalized spacial score (nSPS) is 13.1. The third-order valence-corrected chi connectivity index (χ3v) is 9.06. The van der Waals surface area contributed by atoms with Gasteiger partial charge in [0.1, 0.15) is 0 Å². The van der Waals surface area contributed by atoms with E-state index < -0.39 is 0 Å². The molecule has 4 aromatic carbocycles. The number of thiophene rings is 1. The highest BCUT2D eigenvalue weighted by molar-refractivity contribution is 8.76. The molecule has 0 radical (unpaired) electrons. The first-order valence-corrected chi connectivity index (χ1v) is 12.7. The predicted molar refractivity (Wildman–Crippen MR) is 131 cm³/mol. The van der Waals surface area contributed by atoms with Crippen LogP contribution in [0.15, 0.2) is 95.0 Å². The fourth-order valence-electron chi connectivity index (χ4n) is 4.22. The summed E-state index contributed by atoms with van der Waals surface area (Å²) in [5.41, 5.74) is 5.89. The van der Waals surface area contributed by atoms with Crippen LogP contribution in [0.1, 0.15) is 0 Å². The molecule has 0 amide bonds. The molecule has 5 heteroatoms. The summed E-state index contributed by atoms with van der Waals surface area (Å²) in [6.07, 6.45) is 0. The standard InChI is InChI=1S/C25H14N2S3/c1-3-7-22-17(5-1)18-13-15(10-12-23(18)28-22)16-9-11-19-21(14-16)27-20-6-2-4-8-24(20)29-30-25(27)26-19/h1-14H. The minimum atomic E-state index is 1.04. The van der Waals surface area contributed by atoms with Gasteiger partial charge in [0, 0.05) is 25.1 Å². The van der Waals surface area contributed by atoms with Crippen LogP contribution >= 0.6 is 32.9 Å². The van der Waals surface area contributed by atoms with Crippen LogP contribution in [-0.4, -0.2) is 9.55 Å². The summed E-state index contributed by atoms with van der Waals surface area (Å²) in [5.74, 6) is 0. The van der Waals surface area contributed by atoms with Crippen LogP contribution in [0, 0.1) is 0 Å². The Labute approximate surface area is 185 Å². The molecular weight excluding hydrogens is 424 g/mol. The third-order valence-electron chi connectivity index (χ3n) is 5.65. The summed E-state index contributed by atoms with van der Waals surface area (Å²) >= 11 is 1.86. The van der Waals surface area contributed by atoms with Crippen molar-refractivity contribution in [2.75, 3.05) is 0 Å². The molecule has 0 atom stereocenters. The van der Waals surface area contributed by atoms with E-state index in [2.05, 4.69) is 89.5 Å². The Morgan fingerprint density at radius 3 is 2.47 bits per heavy atom. The van der Waals surface area contributed by atoms with Crippen molar-refractivity contribution in [1.82, 2.24) is 9.55 Å². The third kappa shape index (κ3) is 2.43. The van der Waals surface area contributed by atoms with Gasteiger partial charge in [0.2, 0.25) is 0 Å². The van der Waals surface area contributed by atoms with Gasteiger partial charge in [-0.3, -0.25) is 4.57 Å². The number of para-hydroxylation sites is 1. The molecule has 6 aromatic rings. The van der Waals surface area contributed by atoms with E-state index in [0.29, 0.717) is 0 Å². The summed E-state index contributed by atoms with van der Waals surface area (Å²) in [6, 6.07) is 30.7. The van der Waals surface area contributed by atoms with E-state index in [1.165, 1.54) is 41.9 Å². The van der Waals surface area contributed by atoms with Crippen LogP contribution in [0.2, 0.25) is 0 Å². The molecule has 0 spiro atoms. The van der Waals surface area contributed by atoms with Crippen LogP contribution in [0.5, 0.6) is 0 Å². The maximum Gasteiger partial charge on any atom is 0.184 e. The zero-order chi connectivity index (χ0) is 19.7. The van der Waals surface area contributed by atoms with Crippen LogP contribution < -0.4 is 0 Å². The number of imidazole rings is 1. The first-order valence-electron chi connectivity index (χ1n) is 9.73. The molecule has 0 N–H and O–H groups in total. The molecule has 2 nitrogen and oxygen atoms in total. The quantitative estimate of drug-likeness (QED) is 0.241. The van der Waals surface area contributed by atoms with E-state index in [1.807, 2.05) is 11.3 Å². The maximum atomic E-state index is 4.88. The van der Waals surface area contributed by atoms with Gasteiger partial charge >= 0.3 is 0 Å². The average Bonchev–Trinajstić information content (AvgIpc) is 3.36. The van der Waals surface area contributed by atoms with Crippen molar-refractivity contribution in [2.24, 2.45) is 0 Å². The van der Waals surface area contributed by atoms with Gasteiger partial charge in [-0.1, -0.05) is 42.5 Å².